The minimum absolute atomic E-state index is 0.626. The Kier molecular flexibility index (Phi) is 6.38. The molecule has 0 fully saturated rings. The van der Waals surface area contributed by atoms with E-state index in [0.29, 0.717) is 0 Å². The summed E-state index contributed by atoms with van der Waals surface area (Å²) in [5.41, 5.74) is 8.14. The quantitative estimate of drug-likeness (QED) is 0.349. The van der Waals surface area contributed by atoms with Gasteiger partial charge in [-0.15, -0.1) is 4.16 Å². The van der Waals surface area contributed by atoms with Crippen molar-refractivity contribution in [2.45, 2.75) is 26.2 Å². The largest absolute Gasteiger partial charge is 0.350 e. The molecule has 0 heterocycles. The highest BCUT2D eigenvalue weighted by atomic mass is 35.7. The van der Waals surface area contributed by atoms with Crippen molar-refractivity contribution in [2.24, 2.45) is 0 Å². The summed E-state index contributed by atoms with van der Waals surface area (Å²) in [5, 5.41) is 0. The van der Waals surface area contributed by atoms with Crippen LogP contribution in [-0.2, 0) is 9.90 Å². The molecule has 0 aliphatic carbocycles. The highest BCUT2D eigenvalue weighted by Gasteiger charge is 1.96. The van der Waals surface area contributed by atoms with Crippen molar-refractivity contribution in [1.82, 2.24) is 4.16 Å². The van der Waals surface area contributed by atoms with Crippen LogP contribution in [0.4, 0.5) is 0 Å². The number of halogens is 1. The Morgan fingerprint density at radius 3 is 2.67 bits per heavy atom. The van der Waals surface area contributed by atoms with Crippen LogP contribution in [0.1, 0.15) is 26.2 Å². The first-order valence-corrected chi connectivity index (χ1v) is 5.21. The summed E-state index contributed by atoms with van der Waals surface area (Å²) in [6.07, 6.45) is 3.42. The van der Waals surface area contributed by atoms with E-state index < -0.39 is 9.90 Å². The van der Waals surface area contributed by atoms with E-state index in [1.807, 2.05) is 0 Å². The van der Waals surface area contributed by atoms with Gasteiger partial charge in [0.2, 0.25) is 0 Å². The van der Waals surface area contributed by atoms with E-state index in [-0.39, 0.29) is 0 Å². The van der Waals surface area contributed by atoms with Gasteiger partial charge in [0, 0.05) is 10.7 Å². The number of hydrogen-bond acceptors (Lipinski definition) is 0. The molecule has 0 spiro atoms. The SMILES string of the molecule is CCCCCS(Cl)=[N+]=[N-]. The number of rotatable bonds is 4. The molecule has 1 atom stereocenters. The molecule has 0 rings (SSSR count). The van der Waals surface area contributed by atoms with Crippen LogP contribution in [0.25, 0.3) is 5.53 Å². The van der Waals surface area contributed by atoms with Gasteiger partial charge >= 0.3 is 0 Å². The molecule has 0 aromatic heterocycles. The molecule has 0 aromatic carbocycles. The molecule has 0 amide bonds. The summed E-state index contributed by atoms with van der Waals surface area (Å²) in [5.74, 6) is 0.811. The second-order valence-corrected chi connectivity index (χ2v) is 4.05. The fourth-order valence-electron chi connectivity index (χ4n) is 0.512. The number of unbranched alkanes of at least 4 members (excludes halogenated alkanes) is 2. The van der Waals surface area contributed by atoms with Gasteiger partial charge in [0.1, 0.15) is 0 Å². The van der Waals surface area contributed by atoms with Crippen molar-refractivity contribution in [3.8, 4) is 0 Å². The van der Waals surface area contributed by atoms with Gasteiger partial charge in [0.15, 0.2) is 0 Å². The van der Waals surface area contributed by atoms with Crippen LogP contribution >= 0.6 is 10.7 Å². The summed E-state index contributed by atoms with van der Waals surface area (Å²) >= 11 is 0. The second-order valence-electron chi connectivity index (χ2n) is 1.80. The summed E-state index contributed by atoms with van der Waals surface area (Å²) in [6, 6.07) is 0. The van der Waals surface area contributed by atoms with Crippen LogP contribution in [0, 0.1) is 0 Å². The van der Waals surface area contributed by atoms with Crippen LogP contribution in [0.15, 0.2) is 0 Å². The molecule has 4 heteroatoms. The van der Waals surface area contributed by atoms with Crippen LogP contribution in [0.2, 0.25) is 0 Å². The molecule has 0 bridgehead atoms. The Labute approximate surface area is 62.7 Å². The Morgan fingerprint density at radius 2 is 2.22 bits per heavy atom. The third-order valence-electron chi connectivity index (χ3n) is 1.00. The summed E-state index contributed by atoms with van der Waals surface area (Å²) in [7, 11) is 4.89. The van der Waals surface area contributed by atoms with E-state index in [1.165, 1.54) is 12.8 Å². The van der Waals surface area contributed by atoms with Gasteiger partial charge < -0.3 is 5.53 Å². The zero-order chi connectivity index (χ0) is 7.11. The molecule has 0 saturated carbocycles. The molecule has 0 aliphatic heterocycles. The average molecular weight is 167 g/mol. The van der Waals surface area contributed by atoms with Crippen LogP contribution < -0.4 is 4.16 Å². The van der Waals surface area contributed by atoms with Crippen molar-refractivity contribution in [1.29, 1.82) is 0 Å². The monoisotopic (exact) mass is 166 g/mol. The molecule has 0 radical (unpaired) electrons. The third-order valence-corrected chi connectivity index (χ3v) is 2.46. The predicted octanol–water partition coefficient (Wildman–Crippen LogP) is 2.22. The van der Waals surface area contributed by atoms with Gasteiger partial charge in [-0.2, -0.15) is 0 Å². The van der Waals surface area contributed by atoms with Crippen LogP contribution in [0.3, 0.4) is 0 Å². The smallest absolute Gasteiger partial charge is 0.254 e. The fourth-order valence-corrected chi connectivity index (χ4v) is 1.36. The minimum Gasteiger partial charge on any atom is -0.350 e. The summed E-state index contributed by atoms with van der Waals surface area (Å²) < 4.78 is 2.95. The first kappa shape index (κ1) is 9.15. The van der Waals surface area contributed by atoms with Crippen molar-refractivity contribution in [3.63, 3.8) is 0 Å². The molecule has 0 aromatic rings. The number of nitrogens with zero attached hydrogens (tertiary/aromatic N) is 2. The molecular formula is C5H11ClN2S. The van der Waals surface area contributed by atoms with Crippen LogP contribution in [0.5, 0.6) is 0 Å². The summed E-state index contributed by atoms with van der Waals surface area (Å²) in [4.78, 5) is 0. The van der Waals surface area contributed by atoms with E-state index >= 15 is 0 Å². The Morgan fingerprint density at radius 1 is 1.56 bits per heavy atom. The molecule has 2 nitrogen and oxygen atoms in total. The van der Waals surface area contributed by atoms with E-state index in [0.717, 1.165) is 12.2 Å². The van der Waals surface area contributed by atoms with Gasteiger partial charge in [0.05, 0.1) is 5.75 Å². The van der Waals surface area contributed by atoms with Gasteiger partial charge in [-0.05, 0) is 6.42 Å². The van der Waals surface area contributed by atoms with E-state index in [4.69, 9.17) is 16.2 Å². The molecule has 54 valence electrons. The molecule has 1 unspecified atom stereocenters. The van der Waals surface area contributed by atoms with Gasteiger partial charge in [-0.1, -0.05) is 19.8 Å². The maximum atomic E-state index is 8.14. The first-order chi connectivity index (χ1) is 4.31. The van der Waals surface area contributed by atoms with Crippen molar-refractivity contribution >= 4 is 20.6 Å². The lowest BCUT2D eigenvalue weighted by Crippen LogP contribution is -1.89. The van der Waals surface area contributed by atoms with Crippen LogP contribution in [-0.4, -0.2) is 5.75 Å². The highest BCUT2D eigenvalue weighted by Crippen LogP contribution is 1.98. The zero-order valence-corrected chi connectivity index (χ0v) is 7.08. The molecule has 0 aliphatic rings. The van der Waals surface area contributed by atoms with Crippen molar-refractivity contribution in [3.05, 3.63) is 5.53 Å². The van der Waals surface area contributed by atoms with E-state index in [9.17, 15) is 0 Å². The normalized spacial score (nSPS) is 12.7. The van der Waals surface area contributed by atoms with E-state index in [2.05, 4.69) is 11.1 Å². The lowest BCUT2D eigenvalue weighted by molar-refractivity contribution is 0.778. The second kappa shape index (κ2) is 6.27. The first-order valence-electron chi connectivity index (χ1n) is 3.03. The minimum atomic E-state index is -0.626. The lowest BCUT2D eigenvalue weighted by atomic mass is 10.3. The number of hydrogen-bond donors (Lipinski definition) is 0. The zero-order valence-electron chi connectivity index (χ0n) is 5.51. The molecule has 9 heavy (non-hydrogen) atoms. The third kappa shape index (κ3) is 6.03. The Hall–Kier alpha value is 0.150. The maximum Gasteiger partial charge on any atom is 0.254 e. The molecule has 0 N–H and O–H groups in total. The lowest BCUT2D eigenvalue weighted by Gasteiger charge is -1.87. The molecule has 0 saturated heterocycles. The Balaban J connectivity index is 3.17. The summed E-state index contributed by atoms with van der Waals surface area (Å²) in [6.45, 7) is 2.13. The average Bonchev–Trinajstić information content (AvgIpc) is 1.89. The topological polar surface area (TPSA) is 36.4 Å². The highest BCUT2D eigenvalue weighted by molar-refractivity contribution is 8.09. The standard InChI is InChI=1S/C5H11ClN2S/c1-2-3-4-5-9(6)8-7/h2-5H2,1H3. The van der Waals surface area contributed by atoms with Gasteiger partial charge in [-0.25, -0.2) is 0 Å². The van der Waals surface area contributed by atoms with Crippen molar-refractivity contribution in [2.75, 3.05) is 5.75 Å². The Bertz CT molecular complexity index is 120. The molecular weight excluding hydrogens is 156 g/mol. The predicted molar refractivity (Wildman–Crippen MR) is 43.1 cm³/mol. The van der Waals surface area contributed by atoms with Gasteiger partial charge in [0.25, 0.3) is 9.90 Å². The maximum absolute atomic E-state index is 8.14. The van der Waals surface area contributed by atoms with Gasteiger partial charge in [-0.3, -0.25) is 0 Å². The van der Waals surface area contributed by atoms with Crippen molar-refractivity contribution < 1.29 is 0 Å². The van der Waals surface area contributed by atoms with E-state index in [1.54, 1.807) is 0 Å². The fraction of sp³-hybridized carbons (Fsp3) is 1.00.